The number of rotatable bonds is 5. The van der Waals surface area contributed by atoms with Gasteiger partial charge < -0.3 is 24.8 Å². The zero-order valence-electron chi connectivity index (χ0n) is 22.3. The van der Waals surface area contributed by atoms with Crippen molar-refractivity contribution in [3.05, 3.63) is 45.9 Å². The predicted molar refractivity (Wildman–Crippen MR) is 145 cm³/mol. The summed E-state index contributed by atoms with van der Waals surface area (Å²) in [5, 5.41) is 2.74. The molecule has 0 bridgehead atoms. The van der Waals surface area contributed by atoms with Crippen LogP contribution in [0.25, 0.3) is 11.1 Å². The van der Waals surface area contributed by atoms with Crippen LogP contribution >= 0.6 is 11.3 Å². The average Bonchev–Trinajstić information content (AvgIpc) is 3.34. The van der Waals surface area contributed by atoms with Crippen LogP contribution in [0.5, 0.6) is 0 Å². The molecule has 2 aromatic heterocycles. The molecule has 1 N–H and O–H groups in total. The van der Waals surface area contributed by atoms with Gasteiger partial charge in [0, 0.05) is 62.3 Å². The Balaban J connectivity index is 1.51. The highest BCUT2D eigenvalue weighted by Gasteiger charge is 2.39. The number of benzene rings is 1. The summed E-state index contributed by atoms with van der Waals surface area (Å²) in [6.07, 6.45) is -1.80. The van der Waals surface area contributed by atoms with Gasteiger partial charge in [0.05, 0.1) is 29.6 Å². The van der Waals surface area contributed by atoms with Gasteiger partial charge in [0.15, 0.2) is 5.69 Å². The third kappa shape index (κ3) is 5.88. The minimum atomic E-state index is -4.79. The van der Waals surface area contributed by atoms with Crippen molar-refractivity contribution in [2.45, 2.75) is 26.1 Å². The molecule has 14 heteroatoms. The summed E-state index contributed by atoms with van der Waals surface area (Å²) in [6, 6.07) is 2.88. The molecular weight excluding hydrogens is 550 g/mol. The number of nitrogens with zero attached hydrogens (tertiary/aromatic N) is 6. The lowest BCUT2D eigenvalue weighted by Crippen LogP contribution is -2.50. The highest BCUT2D eigenvalue weighted by molar-refractivity contribution is 7.13. The van der Waals surface area contributed by atoms with E-state index in [0.717, 1.165) is 0 Å². The van der Waals surface area contributed by atoms with Crippen molar-refractivity contribution in [1.82, 2.24) is 19.9 Å². The summed E-state index contributed by atoms with van der Waals surface area (Å²) in [6.45, 7) is 7.62. The second kappa shape index (κ2) is 11.3. The van der Waals surface area contributed by atoms with Crippen LogP contribution in [0.1, 0.15) is 27.3 Å². The lowest BCUT2D eigenvalue weighted by molar-refractivity contribution is -0.141. The number of aryl methyl sites for hydroxylation is 1. The van der Waals surface area contributed by atoms with Gasteiger partial charge in [0.2, 0.25) is 5.95 Å². The van der Waals surface area contributed by atoms with Crippen LogP contribution in [0, 0.1) is 12.7 Å². The number of carbonyl (C=O) groups excluding carboxylic acids is 1. The molecule has 0 radical (unpaired) electrons. The van der Waals surface area contributed by atoms with E-state index in [1.54, 1.807) is 0 Å². The average molecular weight is 580 g/mol. The van der Waals surface area contributed by atoms with E-state index in [1.165, 1.54) is 31.5 Å². The highest BCUT2D eigenvalue weighted by Crippen LogP contribution is 2.38. The third-order valence-electron chi connectivity index (χ3n) is 7.09. The first kappa shape index (κ1) is 28.2. The zero-order chi connectivity index (χ0) is 28.6. The van der Waals surface area contributed by atoms with Crippen molar-refractivity contribution in [2.75, 3.05) is 68.1 Å². The zero-order valence-corrected chi connectivity index (χ0v) is 23.1. The van der Waals surface area contributed by atoms with Crippen LogP contribution in [0.4, 0.5) is 34.9 Å². The number of likely N-dealkylation sites (N-methyl/N-ethyl adjacent to an activating group) is 1. The van der Waals surface area contributed by atoms with Crippen LogP contribution in [0.15, 0.2) is 24.5 Å². The fourth-order valence-corrected chi connectivity index (χ4v) is 5.59. The van der Waals surface area contributed by atoms with Crippen LogP contribution in [-0.4, -0.2) is 84.8 Å². The van der Waals surface area contributed by atoms with Crippen LogP contribution in [0.2, 0.25) is 0 Å². The molecule has 214 valence electrons. The van der Waals surface area contributed by atoms with Gasteiger partial charge in [0.1, 0.15) is 10.7 Å². The minimum Gasteiger partial charge on any atom is -0.378 e. The van der Waals surface area contributed by atoms with Crippen LogP contribution in [-0.2, 0) is 10.9 Å². The predicted octanol–water partition coefficient (Wildman–Crippen LogP) is 4.30. The fourth-order valence-electron chi connectivity index (χ4n) is 4.75. The van der Waals surface area contributed by atoms with E-state index in [0.29, 0.717) is 74.5 Å². The topological polar surface area (TPSA) is 86.7 Å². The van der Waals surface area contributed by atoms with E-state index in [-0.39, 0.29) is 22.3 Å². The van der Waals surface area contributed by atoms with Gasteiger partial charge in [-0.2, -0.15) is 13.2 Å². The van der Waals surface area contributed by atoms with Gasteiger partial charge in [-0.3, -0.25) is 4.79 Å². The molecule has 0 spiro atoms. The molecule has 40 heavy (non-hydrogen) atoms. The van der Waals surface area contributed by atoms with E-state index >= 15 is 4.39 Å². The number of halogens is 4. The largest absolute Gasteiger partial charge is 0.435 e. The SMILES string of the molecule is Cc1nc(C(F)(F)F)c(C(=O)Nc2cc(-c3cnc(N4CCOCC4)nc3)c(F)cc2N2CCN(C)[C@@H](C)C2)s1. The number of anilines is 3. The maximum atomic E-state index is 15.6. The molecule has 0 unspecified atom stereocenters. The molecular formula is C26H29F4N7O2S. The number of alkyl halides is 3. The molecule has 2 saturated heterocycles. The number of amides is 1. The highest BCUT2D eigenvalue weighted by atomic mass is 32.1. The molecule has 2 aliphatic heterocycles. The van der Waals surface area contributed by atoms with Crippen LogP contribution in [0.3, 0.4) is 0 Å². The summed E-state index contributed by atoms with van der Waals surface area (Å²) < 4.78 is 61.7. The normalized spacial score (nSPS) is 18.7. The van der Waals surface area contributed by atoms with Crippen molar-refractivity contribution in [3.63, 3.8) is 0 Å². The molecule has 3 aromatic rings. The lowest BCUT2D eigenvalue weighted by Gasteiger charge is -2.39. The Labute approximate surface area is 232 Å². The molecule has 2 aliphatic rings. The van der Waals surface area contributed by atoms with E-state index < -0.39 is 28.5 Å². The summed E-state index contributed by atoms with van der Waals surface area (Å²) in [5.41, 5.74) is -0.180. The van der Waals surface area contributed by atoms with Gasteiger partial charge in [0.25, 0.3) is 5.91 Å². The Bertz CT molecular complexity index is 1380. The summed E-state index contributed by atoms with van der Waals surface area (Å²) in [7, 11) is 1.99. The number of ether oxygens (including phenoxy) is 1. The number of piperazine rings is 1. The minimum absolute atomic E-state index is 0.114. The van der Waals surface area contributed by atoms with Crippen molar-refractivity contribution in [3.8, 4) is 11.1 Å². The Kier molecular flexibility index (Phi) is 7.93. The monoisotopic (exact) mass is 579 g/mol. The third-order valence-corrected chi connectivity index (χ3v) is 8.06. The smallest absolute Gasteiger partial charge is 0.378 e. The molecule has 1 atom stereocenters. The molecule has 5 rings (SSSR count). The summed E-state index contributed by atoms with van der Waals surface area (Å²) in [5.74, 6) is -1.03. The van der Waals surface area contributed by atoms with Crippen molar-refractivity contribution in [1.29, 1.82) is 0 Å². The number of thiazole rings is 1. The van der Waals surface area contributed by atoms with Gasteiger partial charge in [-0.05, 0) is 33.0 Å². The van der Waals surface area contributed by atoms with Gasteiger partial charge in [-0.1, -0.05) is 0 Å². The van der Waals surface area contributed by atoms with E-state index in [1.807, 2.05) is 23.8 Å². The Hall–Kier alpha value is -3.36. The number of morpholine rings is 1. The number of hydrogen-bond donors (Lipinski definition) is 1. The maximum Gasteiger partial charge on any atom is 0.435 e. The van der Waals surface area contributed by atoms with Gasteiger partial charge in [-0.25, -0.2) is 19.3 Å². The number of aromatic nitrogens is 3. The summed E-state index contributed by atoms with van der Waals surface area (Å²) >= 11 is 0.658. The van der Waals surface area contributed by atoms with E-state index in [2.05, 4.69) is 25.2 Å². The Morgan fingerprint density at radius 2 is 1.80 bits per heavy atom. The first-order chi connectivity index (χ1) is 19.0. The first-order valence-electron chi connectivity index (χ1n) is 12.8. The molecule has 4 heterocycles. The Morgan fingerprint density at radius 3 is 2.45 bits per heavy atom. The Morgan fingerprint density at radius 1 is 1.10 bits per heavy atom. The second-order valence-electron chi connectivity index (χ2n) is 9.86. The van der Waals surface area contributed by atoms with Crippen molar-refractivity contribution < 1.29 is 27.1 Å². The second-order valence-corrected chi connectivity index (χ2v) is 11.1. The number of carbonyl (C=O) groups is 1. The van der Waals surface area contributed by atoms with Crippen molar-refractivity contribution >= 4 is 34.6 Å². The maximum absolute atomic E-state index is 15.6. The van der Waals surface area contributed by atoms with E-state index in [9.17, 15) is 18.0 Å². The number of hydrogen-bond acceptors (Lipinski definition) is 9. The van der Waals surface area contributed by atoms with Crippen molar-refractivity contribution in [2.24, 2.45) is 0 Å². The fraction of sp³-hybridized carbons (Fsp3) is 0.462. The number of nitrogens with one attached hydrogen (secondary N) is 1. The molecule has 0 aliphatic carbocycles. The molecule has 9 nitrogen and oxygen atoms in total. The summed E-state index contributed by atoms with van der Waals surface area (Å²) in [4.78, 5) is 31.0. The molecule has 1 amide bonds. The first-order valence-corrected chi connectivity index (χ1v) is 13.6. The molecule has 2 fully saturated rings. The van der Waals surface area contributed by atoms with Crippen LogP contribution < -0.4 is 15.1 Å². The molecule has 0 saturated carbocycles. The van der Waals surface area contributed by atoms with E-state index in [4.69, 9.17) is 4.74 Å². The molecule has 1 aromatic carbocycles. The standard InChI is InChI=1S/C26H29F4N7O2S/c1-15-14-37(5-4-35(15)3)21-11-19(27)18(17-12-31-25(32-13-17)36-6-8-39-9-7-36)10-20(21)34-24(38)22-23(26(28,29)30)33-16(2)40-22/h10-13,15H,4-9,14H2,1-3H3,(H,34,38)/t15-/m0/s1. The van der Waals surface area contributed by atoms with Gasteiger partial charge in [-0.15, -0.1) is 11.3 Å². The lowest BCUT2D eigenvalue weighted by atomic mass is 10.0. The van der Waals surface area contributed by atoms with Gasteiger partial charge >= 0.3 is 6.18 Å². The quantitative estimate of drug-likeness (QED) is 0.448.